The van der Waals surface area contributed by atoms with Crippen LogP contribution in [0.3, 0.4) is 0 Å². The maximum Gasteiger partial charge on any atom is 0.161 e. The molecule has 2 aliphatic heterocycles. The van der Waals surface area contributed by atoms with Gasteiger partial charge in [-0.1, -0.05) is 13.0 Å². The van der Waals surface area contributed by atoms with Crippen LogP contribution in [-0.4, -0.2) is 57.0 Å². The quantitative estimate of drug-likeness (QED) is 0.885. The molecule has 0 saturated carbocycles. The molecule has 1 aromatic carbocycles. The number of morpholine rings is 1. The number of rotatable bonds is 5. The zero-order valence-corrected chi connectivity index (χ0v) is 12.6. The third-order valence-corrected chi connectivity index (χ3v) is 3.98. The molecule has 1 fully saturated rings. The highest BCUT2D eigenvalue weighted by Crippen LogP contribution is 2.30. The van der Waals surface area contributed by atoms with Crippen molar-refractivity contribution in [1.29, 1.82) is 0 Å². The SMILES string of the molecule is CCN1CCOC(CNCc2ccc3c(c2)OCCO3)C1. The largest absolute Gasteiger partial charge is 0.486 e. The van der Waals surface area contributed by atoms with Crippen LogP contribution in [0.25, 0.3) is 0 Å². The molecule has 116 valence electrons. The van der Waals surface area contributed by atoms with Gasteiger partial charge < -0.3 is 19.5 Å². The number of likely N-dealkylation sites (N-methyl/N-ethyl adjacent to an activating group) is 1. The van der Waals surface area contributed by atoms with Gasteiger partial charge in [-0.3, -0.25) is 4.90 Å². The Hall–Kier alpha value is -1.30. The van der Waals surface area contributed by atoms with Gasteiger partial charge in [0, 0.05) is 26.2 Å². The lowest BCUT2D eigenvalue weighted by atomic mass is 10.2. The van der Waals surface area contributed by atoms with Crippen molar-refractivity contribution >= 4 is 0 Å². The first-order valence-corrected chi connectivity index (χ1v) is 7.78. The average molecular weight is 292 g/mol. The van der Waals surface area contributed by atoms with Crippen LogP contribution in [0.1, 0.15) is 12.5 Å². The van der Waals surface area contributed by atoms with E-state index in [1.165, 1.54) is 5.56 Å². The molecule has 0 aromatic heterocycles. The monoisotopic (exact) mass is 292 g/mol. The molecule has 1 atom stereocenters. The van der Waals surface area contributed by atoms with Gasteiger partial charge in [0.15, 0.2) is 11.5 Å². The number of benzene rings is 1. The molecule has 0 amide bonds. The molecular weight excluding hydrogens is 268 g/mol. The van der Waals surface area contributed by atoms with Gasteiger partial charge in [0.1, 0.15) is 13.2 Å². The van der Waals surface area contributed by atoms with E-state index < -0.39 is 0 Å². The van der Waals surface area contributed by atoms with Gasteiger partial charge in [0.2, 0.25) is 0 Å². The molecule has 1 saturated heterocycles. The minimum absolute atomic E-state index is 0.288. The van der Waals surface area contributed by atoms with Crippen molar-refractivity contribution in [3.05, 3.63) is 23.8 Å². The molecule has 1 aromatic rings. The Balaban J connectivity index is 1.47. The molecule has 5 heteroatoms. The zero-order chi connectivity index (χ0) is 14.5. The van der Waals surface area contributed by atoms with E-state index in [0.29, 0.717) is 13.2 Å². The first kappa shape index (κ1) is 14.6. The highest BCUT2D eigenvalue weighted by Gasteiger charge is 2.18. The van der Waals surface area contributed by atoms with E-state index in [0.717, 1.165) is 50.8 Å². The Morgan fingerprint density at radius 3 is 2.90 bits per heavy atom. The Bertz CT molecular complexity index is 467. The van der Waals surface area contributed by atoms with Gasteiger partial charge in [-0.2, -0.15) is 0 Å². The molecule has 1 unspecified atom stereocenters. The number of hydrogen-bond acceptors (Lipinski definition) is 5. The molecular formula is C16H24N2O3. The summed E-state index contributed by atoms with van der Waals surface area (Å²) in [7, 11) is 0. The summed E-state index contributed by atoms with van der Waals surface area (Å²) in [5.74, 6) is 1.70. The molecule has 2 aliphatic rings. The number of hydrogen-bond donors (Lipinski definition) is 1. The molecule has 2 heterocycles. The molecule has 0 spiro atoms. The summed E-state index contributed by atoms with van der Waals surface area (Å²) in [6, 6.07) is 6.13. The van der Waals surface area contributed by atoms with Crippen LogP contribution in [0.15, 0.2) is 18.2 Å². The topological polar surface area (TPSA) is 43.0 Å². The van der Waals surface area contributed by atoms with Crippen LogP contribution >= 0.6 is 0 Å². The number of nitrogens with one attached hydrogen (secondary N) is 1. The molecule has 3 rings (SSSR count). The predicted octanol–water partition coefficient (Wildman–Crippen LogP) is 1.27. The predicted molar refractivity (Wildman–Crippen MR) is 81.0 cm³/mol. The van der Waals surface area contributed by atoms with Gasteiger partial charge in [-0.25, -0.2) is 0 Å². The van der Waals surface area contributed by atoms with Crippen molar-refractivity contribution in [3.8, 4) is 11.5 Å². The van der Waals surface area contributed by atoms with E-state index in [4.69, 9.17) is 14.2 Å². The van der Waals surface area contributed by atoms with Crippen LogP contribution in [-0.2, 0) is 11.3 Å². The van der Waals surface area contributed by atoms with Crippen molar-refractivity contribution in [3.63, 3.8) is 0 Å². The van der Waals surface area contributed by atoms with Crippen molar-refractivity contribution in [1.82, 2.24) is 10.2 Å². The van der Waals surface area contributed by atoms with E-state index in [9.17, 15) is 0 Å². The van der Waals surface area contributed by atoms with Gasteiger partial charge in [-0.05, 0) is 24.2 Å². The van der Waals surface area contributed by atoms with Crippen molar-refractivity contribution in [2.24, 2.45) is 0 Å². The lowest BCUT2D eigenvalue weighted by molar-refractivity contribution is -0.0253. The molecule has 0 aliphatic carbocycles. The molecule has 21 heavy (non-hydrogen) atoms. The molecule has 0 bridgehead atoms. The van der Waals surface area contributed by atoms with Crippen LogP contribution in [0.2, 0.25) is 0 Å². The fraction of sp³-hybridized carbons (Fsp3) is 0.625. The van der Waals surface area contributed by atoms with E-state index in [1.807, 2.05) is 6.07 Å². The normalized spacial score (nSPS) is 22.2. The summed E-state index contributed by atoms with van der Waals surface area (Å²) >= 11 is 0. The van der Waals surface area contributed by atoms with Crippen molar-refractivity contribution < 1.29 is 14.2 Å². The second kappa shape index (κ2) is 7.11. The lowest BCUT2D eigenvalue weighted by Gasteiger charge is -2.32. The standard InChI is InChI=1S/C16H24N2O3/c1-2-18-5-6-19-14(12-18)11-17-10-13-3-4-15-16(9-13)21-8-7-20-15/h3-4,9,14,17H,2,5-8,10-12H2,1H3. The highest BCUT2D eigenvalue weighted by molar-refractivity contribution is 5.43. The average Bonchev–Trinajstić information content (AvgIpc) is 2.55. The first-order chi connectivity index (χ1) is 10.3. The Labute approximate surface area is 126 Å². The summed E-state index contributed by atoms with van der Waals surface area (Å²) in [6.45, 7) is 9.18. The number of ether oxygens (including phenoxy) is 3. The van der Waals surface area contributed by atoms with E-state index in [2.05, 4.69) is 29.3 Å². The summed E-state index contributed by atoms with van der Waals surface area (Å²) in [4.78, 5) is 2.43. The van der Waals surface area contributed by atoms with Crippen molar-refractivity contribution in [2.75, 3.05) is 46.0 Å². The van der Waals surface area contributed by atoms with Gasteiger partial charge in [-0.15, -0.1) is 0 Å². The summed E-state index contributed by atoms with van der Waals surface area (Å²) in [6.07, 6.45) is 0.288. The summed E-state index contributed by atoms with van der Waals surface area (Å²) < 4.78 is 16.9. The molecule has 5 nitrogen and oxygen atoms in total. The fourth-order valence-electron chi connectivity index (χ4n) is 2.77. The minimum atomic E-state index is 0.288. The summed E-state index contributed by atoms with van der Waals surface area (Å²) in [5, 5.41) is 3.47. The fourth-order valence-corrected chi connectivity index (χ4v) is 2.77. The highest BCUT2D eigenvalue weighted by atomic mass is 16.6. The van der Waals surface area contributed by atoms with Crippen LogP contribution in [0.4, 0.5) is 0 Å². The first-order valence-electron chi connectivity index (χ1n) is 7.78. The maximum atomic E-state index is 5.79. The minimum Gasteiger partial charge on any atom is -0.486 e. The van der Waals surface area contributed by atoms with Gasteiger partial charge in [0.25, 0.3) is 0 Å². The Morgan fingerprint density at radius 2 is 2.05 bits per heavy atom. The van der Waals surface area contributed by atoms with Crippen LogP contribution < -0.4 is 14.8 Å². The van der Waals surface area contributed by atoms with E-state index >= 15 is 0 Å². The van der Waals surface area contributed by atoms with Gasteiger partial charge >= 0.3 is 0 Å². The number of nitrogens with zero attached hydrogens (tertiary/aromatic N) is 1. The number of fused-ring (bicyclic) bond motifs is 1. The van der Waals surface area contributed by atoms with Crippen molar-refractivity contribution in [2.45, 2.75) is 19.6 Å². The van der Waals surface area contributed by atoms with Gasteiger partial charge in [0.05, 0.1) is 12.7 Å². The zero-order valence-electron chi connectivity index (χ0n) is 12.6. The van der Waals surface area contributed by atoms with Crippen LogP contribution in [0.5, 0.6) is 11.5 Å². The second-order valence-corrected chi connectivity index (χ2v) is 5.49. The lowest BCUT2D eigenvalue weighted by Crippen LogP contribution is -2.46. The smallest absolute Gasteiger partial charge is 0.161 e. The second-order valence-electron chi connectivity index (χ2n) is 5.49. The Morgan fingerprint density at radius 1 is 1.19 bits per heavy atom. The molecule has 1 N–H and O–H groups in total. The van der Waals surface area contributed by atoms with E-state index in [-0.39, 0.29) is 6.10 Å². The summed E-state index contributed by atoms with van der Waals surface area (Å²) in [5.41, 5.74) is 1.21. The third-order valence-electron chi connectivity index (χ3n) is 3.98. The van der Waals surface area contributed by atoms with E-state index in [1.54, 1.807) is 0 Å². The van der Waals surface area contributed by atoms with Crippen LogP contribution in [0, 0.1) is 0 Å². The maximum absolute atomic E-state index is 5.79. The Kier molecular flexibility index (Phi) is 4.95. The third kappa shape index (κ3) is 3.87. The molecule has 0 radical (unpaired) electrons.